The quantitative estimate of drug-likeness (QED) is 0.679. The number of benzene rings is 1. The standard InChI is InChI=1S/C10H13NO/c11-10(7-12)6-9(10)8-4-2-1-3-5-8/h1-5,9,12H,6-7,11H2. The van der Waals surface area contributed by atoms with Gasteiger partial charge in [-0.25, -0.2) is 0 Å². The number of hydrogen-bond donors (Lipinski definition) is 2. The van der Waals surface area contributed by atoms with Crippen LogP contribution >= 0.6 is 0 Å². The van der Waals surface area contributed by atoms with E-state index in [1.807, 2.05) is 18.2 Å². The highest BCUT2D eigenvalue weighted by Gasteiger charge is 2.51. The zero-order chi connectivity index (χ0) is 8.60. The summed E-state index contributed by atoms with van der Waals surface area (Å²) in [6.07, 6.45) is 0.910. The molecule has 1 aromatic carbocycles. The minimum absolute atomic E-state index is 0.0898. The van der Waals surface area contributed by atoms with Crippen LogP contribution in [-0.2, 0) is 0 Å². The topological polar surface area (TPSA) is 46.2 Å². The molecule has 1 fully saturated rings. The summed E-state index contributed by atoms with van der Waals surface area (Å²) < 4.78 is 0. The van der Waals surface area contributed by atoms with Crippen molar-refractivity contribution in [3.05, 3.63) is 35.9 Å². The molecule has 3 N–H and O–H groups in total. The first-order chi connectivity index (χ1) is 5.76. The third kappa shape index (κ3) is 1.13. The summed E-state index contributed by atoms with van der Waals surface area (Å²) >= 11 is 0. The number of nitrogens with two attached hydrogens (primary N) is 1. The Labute approximate surface area is 72.0 Å². The molecule has 1 aromatic rings. The predicted octanol–water partition coefficient (Wildman–Crippen LogP) is 0.864. The molecule has 0 saturated heterocycles. The Morgan fingerprint density at radius 2 is 2.08 bits per heavy atom. The number of aliphatic hydroxyl groups excluding tert-OH is 1. The van der Waals surface area contributed by atoms with E-state index in [1.54, 1.807) is 0 Å². The Morgan fingerprint density at radius 3 is 2.58 bits per heavy atom. The second-order valence-corrected chi connectivity index (χ2v) is 3.56. The van der Waals surface area contributed by atoms with E-state index in [0.717, 1.165) is 6.42 Å². The van der Waals surface area contributed by atoms with Gasteiger partial charge in [-0.2, -0.15) is 0 Å². The molecule has 0 spiro atoms. The zero-order valence-electron chi connectivity index (χ0n) is 6.90. The zero-order valence-corrected chi connectivity index (χ0v) is 6.90. The van der Waals surface area contributed by atoms with Gasteiger partial charge in [0.05, 0.1) is 6.61 Å². The number of hydrogen-bond acceptors (Lipinski definition) is 2. The van der Waals surface area contributed by atoms with Crippen LogP contribution in [0.1, 0.15) is 17.9 Å². The predicted molar refractivity (Wildman–Crippen MR) is 47.8 cm³/mol. The molecule has 0 aliphatic heterocycles. The average Bonchev–Trinajstić information content (AvgIpc) is 2.81. The molecule has 1 saturated carbocycles. The van der Waals surface area contributed by atoms with Crippen molar-refractivity contribution in [3.63, 3.8) is 0 Å². The lowest BCUT2D eigenvalue weighted by molar-refractivity contribution is 0.253. The first-order valence-corrected chi connectivity index (χ1v) is 4.21. The molecule has 2 nitrogen and oxygen atoms in total. The fraction of sp³-hybridized carbons (Fsp3) is 0.400. The maximum Gasteiger partial charge on any atom is 0.0617 e. The third-order valence-electron chi connectivity index (χ3n) is 2.61. The van der Waals surface area contributed by atoms with E-state index in [1.165, 1.54) is 5.56 Å². The van der Waals surface area contributed by atoms with Crippen LogP contribution in [0.2, 0.25) is 0 Å². The third-order valence-corrected chi connectivity index (χ3v) is 2.61. The van der Waals surface area contributed by atoms with Crippen molar-refractivity contribution in [2.75, 3.05) is 6.61 Å². The molecule has 2 atom stereocenters. The summed E-state index contributed by atoms with van der Waals surface area (Å²) in [7, 11) is 0. The van der Waals surface area contributed by atoms with Crippen LogP contribution < -0.4 is 5.73 Å². The van der Waals surface area contributed by atoms with Gasteiger partial charge in [0, 0.05) is 11.5 Å². The molecular weight excluding hydrogens is 150 g/mol. The van der Waals surface area contributed by atoms with Gasteiger partial charge in [0.2, 0.25) is 0 Å². The van der Waals surface area contributed by atoms with Crippen molar-refractivity contribution in [2.24, 2.45) is 5.73 Å². The molecule has 0 bridgehead atoms. The molecule has 2 rings (SSSR count). The van der Waals surface area contributed by atoms with Gasteiger partial charge >= 0.3 is 0 Å². The molecule has 0 heterocycles. The molecule has 1 aliphatic carbocycles. The van der Waals surface area contributed by atoms with E-state index in [4.69, 9.17) is 10.8 Å². The Balaban J connectivity index is 2.16. The van der Waals surface area contributed by atoms with Gasteiger partial charge < -0.3 is 10.8 Å². The van der Waals surface area contributed by atoms with Gasteiger partial charge in [-0.05, 0) is 12.0 Å². The minimum Gasteiger partial charge on any atom is -0.394 e. The van der Waals surface area contributed by atoms with Gasteiger partial charge in [-0.1, -0.05) is 30.3 Å². The molecule has 0 radical (unpaired) electrons. The maximum atomic E-state index is 8.97. The van der Waals surface area contributed by atoms with Gasteiger partial charge in [-0.15, -0.1) is 0 Å². The lowest BCUT2D eigenvalue weighted by Gasteiger charge is -2.06. The van der Waals surface area contributed by atoms with Crippen molar-refractivity contribution in [1.29, 1.82) is 0 Å². The summed E-state index contributed by atoms with van der Waals surface area (Å²) in [5, 5.41) is 8.97. The molecular formula is C10H13NO. The molecule has 0 aromatic heterocycles. The van der Waals surface area contributed by atoms with Crippen molar-refractivity contribution < 1.29 is 5.11 Å². The van der Waals surface area contributed by atoms with Gasteiger partial charge in [0.1, 0.15) is 0 Å². The Hall–Kier alpha value is -0.860. The molecule has 2 heteroatoms. The van der Waals surface area contributed by atoms with Gasteiger partial charge in [0.25, 0.3) is 0 Å². The van der Waals surface area contributed by atoms with Crippen molar-refractivity contribution in [2.45, 2.75) is 17.9 Å². The maximum absolute atomic E-state index is 8.97. The monoisotopic (exact) mass is 163 g/mol. The normalized spacial score (nSPS) is 33.3. The van der Waals surface area contributed by atoms with E-state index in [0.29, 0.717) is 5.92 Å². The van der Waals surface area contributed by atoms with E-state index in [-0.39, 0.29) is 12.1 Å². The summed E-state index contributed by atoms with van der Waals surface area (Å²) in [6.45, 7) is 0.0898. The van der Waals surface area contributed by atoms with Crippen LogP contribution in [0.15, 0.2) is 30.3 Å². The molecule has 0 amide bonds. The van der Waals surface area contributed by atoms with Crippen LogP contribution in [0.25, 0.3) is 0 Å². The first-order valence-electron chi connectivity index (χ1n) is 4.21. The lowest BCUT2D eigenvalue weighted by Crippen LogP contribution is -2.28. The highest BCUT2D eigenvalue weighted by molar-refractivity contribution is 5.32. The van der Waals surface area contributed by atoms with Crippen LogP contribution in [0, 0.1) is 0 Å². The van der Waals surface area contributed by atoms with Crippen molar-refractivity contribution >= 4 is 0 Å². The number of rotatable bonds is 2. The molecule has 64 valence electrons. The molecule has 1 aliphatic rings. The minimum atomic E-state index is -0.332. The smallest absolute Gasteiger partial charge is 0.0617 e. The van der Waals surface area contributed by atoms with Crippen LogP contribution in [0.5, 0.6) is 0 Å². The van der Waals surface area contributed by atoms with Crippen molar-refractivity contribution in [1.82, 2.24) is 0 Å². The van der Waals surface area contributed by atoms with Crippen molar-refractivity contribution in [3.8, 4) is 0 Å². The molecule has 2 unspecified atom stereocenters. The van der Waals surface area contributed by atoms with Gasteiger partial charge in [-0.3, -0.25) is 0 Å². The average molecular weight is 163 g/mol. The fourth-order valence-electron chi connectivity index (χ4n) is 1.63. The van der Waals surface area contributed by atoms with Crippen LogP contribution in [0.3, 0.4) is 0 Å². The van der Waals surface area contributed by atoms with E-state index < -0.39 is 0 Å². The highest BCUT2D eigenvalue weighted by Crippen LogP contribution is 2.48. The Bertz CT molecular complexity index is 272. The van der Waals surface area contributed by atoms with E-state index in [9.17, 15) is 0 Å². The fourth-order valence-corrected chi connectivity index (χ4v) is 1.63. The Kier molecular flexibility index (Phi) is 1.67. The van der Waals surface area contributed by atoms with Gasteiger partial charge in [0.15, 0.2) is 0 Å². The largest absolute Gasteiger partial charge is 0.394 e. The van der Waals surface area contributed by atoms with E-state index >= 15 is 0 Å². The van der Waals surface area contributed by atoms with Crippen LogP contribution in [0.4, 0.5) is 0 Å². The number of aliphatic hydroxyl groups is 1. The summed E-state index contributed by atoms with van der Waals surface area (Å²) in [5.41, 5.74) is 6.78. The molecule has 12 heavy (non-hydrogen) atoms. The SMILES string of the molecule is NC1(CO)CC1c1ccccc1. The second-order valence-electron chi connectivity index (χ2n) is 3.56. The summed E-state index contributed by atoms with van der Waals surface area (Å²) in [6, 6.07) is 10.1. The highest BCUT2D eigenvalue weighted by atomic mass is 16.3. The summed E-state index contributed by atoms with van der Waals surface area (Å²) in [5.74, 6) is 0.365. The lowest BCUT2D eigenvalue weighted by atomic mass is 10.1. The first kappa shape index (κ1) is 7.77. The summed E-state index contributed by atoms with van der Waals surface area (Å²) in [4.78, 5) is 0. The Morgan fingerprint density at radius 1 is 1.42 bits per heavy atom. The van der Waals surface area contributed by atoms with Crippen LogP contribution in [-0.4, -0.2) is 17.3 Å². The second kappa shape index (κ2) is 2.57. The van der Waals surface area contributed by atoms with E-state index in [2.05, 4.69) is 12.1 Å².